The molecule has 30 heavy (non-hydrogen) atoms. The molecule has 0 unspecified atom stereocenters. The van der Waals surface area contributed by atoms with Gasteiger partial charge < -0.3 is 0 Å². The highest BCUT2D eigenvalue weighted by molar-refractivity contribution is 14.1. The standard InChI is InChI=1S/C27H29BI2/c1-15(2)18-11-23(16(3)4)27(24(12-18)17(5)6)28-25-13-19(29)7-9-21(25)22-10-8-20(30)14-26(22)28/h7-17H,1-6H3. The predicted octanol–water partition coefficient (Wildman–Crippen LogP) is 6.76. The molecule has 0 radical (unpaired) electrons. The molecule has 0 aliphatic carbocycles. The molecule has 154 valence electrons. The first kappa shape index (κ1) is 22.4. The van der Waals surface area contributed by atoms with E-state index in [0.29, 0.717) is 24.5 Å². The summed E-state index contributed by atoms with van der Waals surface area (Å²) >= 11 is 4.93. The molecule has 0 N–H and O–H groups in total. The lowest BCUT2D eigenvalue weighted by Gasteiger charge is -2.26. The van der Waals surface area contributed by atoms with E-state index in [4.69, 9.17) is 0 Å². The first-order chi connectivity index (χ1) is 14.2. The quantitative estimate of drug-likeness (QED) is 0.175. The molecule has 0 aromatic heterocycles. The number of hydrogen-bond acceptors (Lipinski definition) is 0. The molecular formula is C27H29BI2. The highest BCUT2D eigenvalue weighted by atomic mass is 127. The van der Waals surface area contributed by atoms with Gasteiger partial charge in [0.25, 0.3) is 0 Å². The lowest BCUT2D eigenvalue weighted by molar-refractivity contribution is 0.812. The first-order valence-electron chi connectivity index (χ1n) is 11.0. The summed E-state index contributed by atoms with van der Waals surface area (Å²) in [5, 5.41) is 0. The summed E-state index contributed by atoms with van der Waals surface area (Å²) in [6.45, 7) is 14.4. The molecule has 3 heteroatoms. The third kappa shape index (κ3) is 3.89. The Balaban J connectivity index is 2.10. The van der Waals surface area contributed by atoms with Gasteiger partial charge in [0.15, 0.2) is 0 Å². The summed E-state index contributed by atoms with van der Waals surface area (Å²) in [5.41, 5.74) is 11.8. The maximum atomic E-state index is 2.50. The predicted molar refractivity (Wildman–Crippen MR) is 151 cm³/mol. The fourth-order valence-electron chi connectivity index (χ4n) is 4.86. The molecule has 0 nitrogen and oxygen atoms in total. The van der Waals surface area contributed by atoms with E-state index < -0.39 is 0 Å². The van der Waals surface area contributed by atoms with Crippen molar-refractivity contribution in [3.63, 3.8) is 0 Å². The first-order valence-corrected chi connectivity index (χ1v) is 13.1. The molecule has 0 atom stereocenters. The summed E-state index contributed by atoms with van der Waals surface area (Å²) < 4.78 is 2.63. The average Bonchev–Trinajstić information content (AvgIpc) is 2.98. The van der Waals surface area contributed by atoms with Crippen LogP contribution >= 0.6 is 45.2 Å². The summed E-state index contributed by atoms with van der Waals surface area (Å²) in [6.07, 6.45) is 0. The molecule has 4 rings (SSSR count). The van der Waals surface area contributed by atoms with Crippen molar-refractivity contribution in [2.45, 2.75) is 59.3 Å². The molecule has 3 aromatic rings. The Morgan fingerprint density at radius 2 is 1.03 bits per heavy atom. The van der Waals surface area contributed by atoms with Crippen LogP contribution in [0, 0.1) is 7.14 Å². The van der Waals surface area contributed by atoms with Crippen LogP contribution < -0.4 is 16.4 Å². The van der Waals surface area contributed by atoms with Crippen LogP contribution in [0.25, 0.3) is 11.1 Å². The molecule has 3 aromatic carbocycles. The van der Waals surface area contributed by atoms with Crippen molar-refractivity contribution in [1.82, 2.24) is 0 Å². The van der Waals surface area contributed by atoms with Crippen LogP contribution in [0.5, 0.6) is 0 Å². The molecule has 0 amide bonds. The van der Waals surface area contributed by atoms with Gasteiger partial charge >= 0.3 is 0 Å². The SMILES string of the molecule is CC(C)c1cc(C(C)C)c(B2c3cc(I)ccc3-c3ccc(I)cc32)c(C(C)C)c1. The van der Waals surface area contributed by atoms with Crippen LogP contribution in [0.2, 0.25) is 0 Å². The van der Waals surface area contributed by atoms with Crippen molar-refractivity contribution in [3.8, 4) is 11.1 Å². The van der Waals surface area contributed by atoms with E-state index in [1.165, 1.54) is 45.9 Å². The Morgan fingerprint density at radius 1 is 0.600 bits per heavy atom. The van der Waals surface area contributed by atoms with Crippen molar-refractivity contribution >= 4 is 68.3 Å². The minimum atomic E-state index is 0.315. The van der Waals surface area contributed by atoms with Gasteiger partial charge in [0.05, 0.1) is 0 Å². The van der Waals surface area contributed by atoms with Gasteiger partial charge in [-0.05, 0) is 103 Å². The minimum absolute atomic E-state index is 0.315. The molecule has 1 aliphatic rings. The van der Waals surface area contributed by atoms with E-state index in [2.05, 4.69) is 135 Å². The van der Waals surface area contributed by atoms with Crippen molar-refractivity contribution < 1.29 is 0 Å². The maximum Gasteiger partial charge on any atom is 0.243 e. The van der Waals surface area contributed by atoms with Gasteiger partial charge in [-0.1, -0.05) is 94.3 Å². The minimum Gasteiger partial charge on any atom is -0.0618 e. The monoisotopic (exact) mass is 618 g/mol. The van der Waals surface area contributed by atoms with Gasteiger partial charge in [-0.2, -0.15) is 0 Å². The maximum absolute atomic E-state index is 2.50. The van der Waals surface area contributed by atoms with Crippen molar-refractivity contribution in [2.75, 3.05) is 0 Å². The molecular weight excluding hydrogens is 589 g/mol. The zero-order valence-corrected chi connectivity index (χ0v) is 23.0. The van der Waals surface area contributed by atoms with Gasteiger partial charge in [0.2, 0.25) is 6.71 Å². The number of halogens is 2. The van der Waals surface area contributed by atoms with Crippen molar-refractivity contribution in [2.24, 2.45) is 0 Å². The normalized spacial score (nSPS) is 12.8. The van der Waals surface area contributed by atoms with E-state index in [9.17, 15) is 0 Å². The van der Waals surface area contributed by atoms with E-state index >= 15 is 0 Å². The van der Waals surface area contributed by atoms with Crippen LogP contribution in [0.4, 0.5) is 0 Å². The van der Waals surface area contributed by atoms with Crippen molar-refractivity contribution in [1.29, 1.82) is 0 Å². The third-order valence-electron chi connectivity index (χ3n) is 6.41. The molecule has 0 saturated carbocycles. The summed E-state index contributed by atoms with van der Waals surface area (Å²) in [5.74, 6) is 1.53. The zero-order valence-electron chi connectivity index (χ0n) is 18.7. The highest BCUT2D eigenvalue weighted by Gasteiger charge is 2.37. The highest BCUT2D eigenvalue weighted by Crippen LogP contribution is 2.30. The average molecular weight is 618 g/mol. The second kappa shape index (κ2) is 8.61. The van der Waals surface area contributed by atoms with Gasteiger partial charge in [-0.25, -0.2) is 0 Å². The summed E-state index contributed by atoms with van der Waals surface area (Å²) in [7, 11) is 0. The number of hydrogen-bond donors (Lipinski definition) is 0. The number of rotatable bonds is 4. The topological polar surface area (TPSA) is 0 Å². The largest absolute Gasteiger partial charge is 0.243 e. The molecule has 0 saturated heterocycles. The number of fused-ring (bicyclic) bond motifs is 3. The lowest BCUT2D eigenvalue weighted by Crippen LogP contribution is -2.52. The van der Waals surface area contributed by atoms with Crippen LogP contribution in [0.1, 0.15) is 76.0 Å². The molecule has 0 fully saturated rings. The zero-order chi connectivity index (χ0) is 21.7. The third-order valence-corrected chi connectivity index (χ3v) is 7.75. The molecule has 1 aliphatic heterocycles. The summed E-state index contributed by atoms with van der Waals surface area (Å²) in [6, 6.07) is 19.0. The molecule has 1 heterocycles. The van der Waals surface area contributed by atoms with Crippen LogP contribution in [-0.2, 0) is 0 Å². The number of benzene rings is 3. The van der Waals surface area contributed by atoms with E-state index in [-0.39, 0.29) is 0 Å². The Morgan fingerprint density at radius 3 is 1.40 bits per heavy atom. The fourth-order valence-corrected chi connectivity index (χ4v) is 5.89. The van der Waals surface area contributed by atoms with E-state index in [1.807, 2.05) is 0 Å². The summed E-state index contributed by atoms with van der Waals surface area (Å²) in [4.78, 5) is 0. The van der Waals surface area contributed by atoms with Crippen LogP contribution in [-0.4, -0.2) is 6.71 Å². The molecule has 0 bridgehead atoms. The van der Waals surface area contributed by atoms with Crippen LogP contribution in [0.15, 0.2) is 48.5 Å². The van der Waals surface area contributed by atoms with Gasteiger partial charge in [0, 0.05) is 7.14 Å². The molecule has 0 spiro atoms. The van der Waals surface area contributed by atoms with Crippen LogP contribution in [0.3, 0.4) is 0 Å². The van der Waals surface area contributed by atoms with E-state index in [0.717, 1.165) is 0 Å². The van der Waals surface area contributed by atoms with Gasteiger partial charge in [-0.3, -0.25) is 0 Å². The Hall–Kier alpha value is -0.815. The lowest BCUT2D eigenvalue weighted by atomic mass is 9.36. The second-order valence-electron chi connectivity index (χ2n) is 9.47. The van der Waals surface area contributed by atoms with Gasteiger partial charge in [-0.15, -0.1) is 0 Å². The Kier molecular flexibility index (Phi) is 6.42. The van der Waals surface area contributed by atoms with Crippen molar-refractivity contribution in [3.05, 3.63) is 72.4 Å². The Bertz CT molecular complexity index is 1030. The smallest absolute Gasteiger partial charge is 0.0618 e. The van der Waals surface area contributed by atoms with Gasteiger partial charge in [0.1, 0.15) is 0 Å². The fraction of sp³-hybridized carbons (Fsp3) is 0.333. The second-order valence-corrected chi connectivity index (χ2v) is 12.0. The Labute approximate surface area is 209 Å². The van der Waals surface area contributed by atoms with E-state index in [1.54, 1.807) is 5.46 Å².